The highest BCUT2D eigenvalue weighted by Crippen LogP contribution is 2.31. The quantitative estimate of drug-likeness (QED) is 0.778. The summed E-state index contributed by atoms with van der Waals surface area (Å²) in [7, 11) is 0. The monoisotopic (exact) mass is 218 g/mol. The highest BCUT2D eigenvalue weighted by molar-refractivity contribution is 5.84. The Labute approximate surface area is 95.8 Å². The van der Waals surface area contributed by atoms with E-state index in [0.717, 1.165) is 18.5 Å². The summed E-state index contributed by atoms with van der Waals surface area (Å²) in [5, 5.41) is 4.54. The molecule has 1 aromatic rings. The summed E-state index contributed by atoms with van der Waals surface area (Å²) >= 11 is 0. The van der Waals surface area contributed by atoms with Crippen molar-refractivity contribution in [1.29, 1.82) is 0 Å². The molecule has 2 aliphatic rings. The largest absolute Gasteiger partial charge is 0.299 e. The van der Waals surface area contributed by atoms with Crippen LogP contribution in [0.5, 0.6) is 0 Å². The van der Waals surface area contributed by atoms with E-state index in [0.29, 0.717) is 24.2 Å². The minimum Gasteiger partial charge on any atom is -0.299 e. The van der Waals surface area contributed by atoms with Crippen LogP contribution < -0.4 is 0 Å². The number of rotatable bonds is 4. The van der Waals surface area contributed by atoms with Gasteiger partial charge in [0, 0.05) is 12.1 Å². The van der Waals surface area contributed by atoms with Gasteiger partial charge >= 0.3 is 0 Å². The average molecular weight is 218 g/mol. The van der Waals surface area contributed by atoms with Gasteiger partial charge in [0.25, 0.3) is 0 Å². The standard InChI is InChI=1S/C13H18N2O/c16-13(10-5-6-10)9-11-7-8-15(14-11)12-3-1-2-4-12/h7-8,10,12H,1-6,9H2. The molecule has 0 aliphatic heterocycles. The molecule has 0 N–H and O–H groups in total. The minimum absolute atomic E-state index is 0.358. The fraction of sp³-hybridized carbons (Fsp3) is 0.692. The second-order valence-electron chi connectivity index (χ2n) is 5.14. The van der Waals surface area contributed by atoms with E-state index >= 15 is 0 Å². The van der Waals surface area contributed by atoms with E-state index in [1.807, 2.05) is 12.3 Å². The lowest BCUT2D eigenvalue weighted by molar-refractivity contribution is -0.119. The fourth-order valence-corrected chi connectivity index (χ4v) is 2.57. The molecule has 2 aliphatic carbocycles. The smallest absolute Gasteiger partial charge is 0.141 e. The van der Waals surface area contributed by atoms with Crippen molar-refractivity contribution in [2.75, 3.05) is 0 Å². The first-order valence-electron chi connectivity index (χ1n) is 6.39. The van der Waals surface area contributed by atoms with Crippen LogP contribution in [0.25, 0.3) is 0 Å². The van der Waals surface area contributed by atoms with Crippen molar-refractivity contribution in [3.8, 4) is 0 Å². The maximum Gasteiger partial charge on any atom is 0.141 e. The first-order valence-corrected chi connectivity index (χ1v) is 6.39. The Balaban J connectivity index is 1.64. The molecule has 2 saturated carbocycles. The summed E-state index contributed by atoms with van der Waals surface area (Å²) in [6.45, 7) is 0. The number of ketones is 1. The average Bonchev–Trinajstić information content (AvgIpc) is 2.80. The molecule has 16 heavy (non-hydrogen) atoms. The lowest BCUT2D eigenvalue weighted by atomic mass is 10.1. The van der Waals surface area contributed by atoms with Gasteiger partial charge in [-0.05, 0) is 31.7 Å². The van der Waals surface area contributed by atoms with E-state index in [9.17, 15) is 4.79 Å². The highest BCUT2D eigenvalue weighted by Gasteiger charge is 2.29. The molecular formula is C13H18N2O. The number of carbonyl (C=O) groups excluding carboxylic acids is 1. The summed E-state index contributed by atoms with van der Waals surface area (Å²) in [5.74, 6) is 0.744. The van der Waals surface area contributed by atoms with E-state index in [2.05, 4.69) is 9.78 Å². The first kappa shape index (κ1) is 10.1. The summed E-state index contributed by atoms with van der Waals surface area (Å²) in [6.07, 6.45) is 9.93. The SMILES string of the molecule is O=C(Cc1ccn(C2CCCC2)n1)C1CC1. The van der Waals surface area contributed by atoms with Crippen LogP contribution in [-0.4, -0.2) is 15.6 Å². The molecule has 0 spiro atoms. The zero-order chi connectivity index (χ0) is 11.0. The number of nitrogens with zero attached hydrogens (tertiary/aromatic N) is 2. The van der Waals surface area contributed by atoms with Crippen LogP contribution in [0, 0.1) is 5.92 Å². The molecule has 0 unspecified atom stereocenters. The first-order chi connectivity index (χ1) is 7.83. The van der Waals surface area contributed by atoms with E-state index in [1.165, 1.54) is 25.7 Å². The van der Waals surface area contributed by atoms with Crippen molar-refractivity contribution in [2.24, 2.45) is 5.92 Å². The number of hydrogen-bond acceptors (Lipinski definition) is 2. The number of carbonyl (C=O) groups is 1. The molecule has 0 bridgehead atoms. The molecule has 0 aromatic carbocycles. The molecule has 0 radical (unpaired) electrons. The zero-order valence-electron chi connectivity index (χ0n) is 9.56. The molecule has 3 nitrogen and oxygen atoms in total. The molecule has 3 heteroatoms. The van der Waals surface area contributed by atoms with Crippen LogP contribution in [-0.2, 0) is 11.2 Å². The summed E-state index contributed by atoms with van der Waals surface area (Å²) in [6, 6.07) is 2.60. The van der Waals surface area contributed by atoms with E-state index in [-0.39, 0.29) is 0 Å². The zero-order valence-corrected chi connectivity index (χ0v) is 9.56. The lowest BCUT2D eigenvalue weighted by Gasteiger charge is -2.08. The maximum absolute atomic E-state index is 11.7. The second-order valence-corrected chi connectivity index (χ2v) is 5.14. The predicted octanol–water partition coefficient (Wildman–Crippen LogP) is 2.52. The lowest BCUT2D eigenvalue weighted by Crippen LogP contribution is -2.08. The molecule has 0 amide bonds. The molecular weight excluding hydrogens is 200 g/mol. The van der Waals surface area contributed by atoms with E-state index < -0.39 is 0 Å². The van der Waals surface area contributed by atoms with Crippen molar-refractivity contribution in [1.82, 2.24) is 9.78 Å². The number of hydrogen-bond donors (Lipinski definition) is 0. The molecule has 0 saturated heterocycles. The Bertz CT molecular complexity index is 386. The normalized spacial score (nSPS) is 21.5. The van der Waals surface area contributed by atoms with Crippen molar-refractivity contribution >= 4 is 5.78 Å². The number of aromatic nitrogens is 2. The summed E-state index contributed by atoms with van der Waals surface area (Å²) < 4.78 is 2.07. The fourth-order valence-electron chi connectivity index (χ4n) is 2.57. The van der Waals surface area contributed by atoms with Crippen LogP contribution in [0.1, 0.15) is 50.3 Å². The minimum atomic E-state index is 0.358. The van der Waals surface area contributed by atoms with Gasteiger partial charge in [0.1, 0.15) is 5.78 Å². The van der Waals surface area contributed by atoms with Crippen molar-refractivity contribution < 1.29 is 4.79 Å². The van der Waals surface area contributed by atoms with Gasteiger partial charge < -0.3 is 0 Å². The Morgan fingerprint density at radius 2 is 2.06 bits per heavy atom. The van der Waals surface area contributed by atoms with E-state index in [1.54, 1.807) is 0 Å². The van der Waals surface area contributed by atoms with Gasteiger partial charge in [-0.25, -0.2) is 0 Å². The molecule has 2 fully saturated rings. The van der Waals surface area contributed by atoms with Crippen LogP contribution in [0.15, 0.2) is 12.3 Å². The van der Waals surface area contributed by atoms with Gasteiger partial charge in [-0.15, -0.1) is 0 Å². The van der Waals surface area contributed by atoms with Crippen LogP contribution in [0.4, 0.5) is 0 Å². The topological polar surface area (TPSA) is 34.9 Å². The van der Waals surface area contributed by atoms with Gasteiger partial charge in [0.2, 0.25) is 0 Å². The van der Waals surface area contributed by atoms with Gasteiger partial charge in [0.15, 0.2) is 0 Å². The molecule has 1 aromatic heterocycles. The Hall–Kier alpha value is -1.12. The summed E-state index contributed by atoms with van der Waals surface area (Å²) in [5.41, 5.74) is 0.962. The van der Waals surface area contributed by atoms with Gasteiger partial charge in [-0.1, -0.05) is 12.8 Å². The number of Topliss-reactive ketones (excluding diaryl/α,β-unsaturated/α-hetero) is 1. The van der Waals surface area contributed by atoms with E-state index in [4.69, 9.17) is 0 Å². The van der Waals surface area contributed by atoms with Crippen LogP contribution >= 0.6 is 0 Å². The van der Waals surface area contributed by atoms with Crippen molar-refractivity contribution in [3.05, 3.63) is 18.0 Å². The molecule has 86 valence electrons. The van der Waals surface area contributed by atoms with Gasteiger partial charge in [-0.2, -0.15) is 5.10 Å². The molecule has 1 heterocycles. The highest BCUT2D eigenvalue weighted by atomic mass is 16.1. The van der Waals surface area contributed by atoms with Gasteiger partial charge in [-0.3, -0.25) is 9.48 Å². The van der Waals surface area contributed by atoms with Crippen LogP contribution in [0.3, 0.4) is 0 Å². The maximum atomic E-state index is 11.7. The van der Waals surface area contributed by atoms with Crippen molar-refractivity contribution in [3.63, 3.8) is 0 Å². The third kappa shape index (κ3) is 2.04. The third-order valence-corrected chi connectivity index (χ3v) is 3.75. The van der Waals surface area contributed by atoms with Crippen LogP contribution in [0.2, 0.25) is 0 Å². The van der Waals surface area contributed by atoms with Crippen molar-refractivity contribution in [2.45, 2.75) is 51.0 Å². The predicted molar refractivity (Wildman–Crippen MR) is 61.2 cm³/mol. The second kappa shape index (κ2) is 4.04. The Morgan fingerprint density at radius 1 is 1.31 bits per heavy atom. The molecule has 3 rings (SSSR count). The summed E-state index contributed by atoms with van der Waals surface area (Å²) in [4.78, 5) is 11.7. The Morgan fingerprint density at radius 3 is 2.75 bits per heavy atom. The molecule has 0 atom stereocenters. The third-order valence-electron chi connectivity index (χ3n) is 3.75. The van der Waals surface area contributed by atoms with Gasteiger partial charge in [0.05, 0.1) is 18.2 Å². The Kier molecular flexibility index (Phi) is 2.54.